The number of anilines is 2. The molecule has 1 saturated carbocycles. The van der Waals surface area contributed by atoms with Gasteiger partial charge in [0.25, 0.3) is 0 Å². The molecule has 2 N–H and O–H groups in total. The minimum absolute atomic E-state index is 0.0772. The number of hydrogen-bond acceptors (Lipinski definition) is 4. The summed E-state index contributed by atoms with van der Waals surface area (Å²) in [4.78, 5) is 16.6. The number of urea groups is 1. The second kappa shape index (κ2) is 9.49. The van der Waals surface area contributed by atoms with E-state index in [9.17, 15) is 18.0 Å². The fourth-order valence-corrected chi connectivity index (χ4v) is 3.72. The van der Waals surface area contributed by atoms with Crippen molar-refractivity contribution in [1.29, 1.82) is 0 Å². The molecule has 0 radical (unpaired) electrons. The fraction of sp³-hybridized carbons (Fsp3) is 0.160. The van der Waals surface area contributed by atoms with E-state index in [-0.39, 0.29) is 28.9 Å². The summed E-state index contributed by atoms with van der Waals surface area (Å²) in [7, 11) is 0. The lowest BCUT2D eigenvalue weighted by Gasteiger charge is -2.22. The predicted molar refractivity (Wildman–Crippen MR) is 123 cm³/mol. The van der Waals surface area contributed by atoms with Crippen molar-refractivity contribution in [2.45, 2.75) is 25.2 Å². The van der Waals surface area contributed by atoms with Crippen molar-refractivity contribution in [1.82, 2.24) is 14.8 Å². The van der Waals surface area contributed by atoms with Crippen molar-refractivity contribution in [3.05, 3.63) is 90.1 Å². The summed E-state index contributed by atoms with van der Waals surface area (Å²) in [5, 5.41) is 9.50. The number of carbonyl (C=O) groups excluding carboxylic acids is 1. The molecular formula is C25H20F3N5O2. The van der Waals surface area contributed by atoms with Gasteiger partial charge in [0, 0.05) is 36.5 Å². The van der Waals surface area contributed by atoms with Gasteiger partial charge in [-0.05, 0) is 49.2 Å². The van der Waals surface area contributed by atoms with Gasteiger partial charge in [-0.3, -0.25) is 10.3 Å². The molecule has 0 atom stereocenters. The molecular weight excluding hydrogens is 459 g/mol. The van der Waals surface area contributed by atoms with Gasteiger partial charge in [0.05, 0.1) is 17.1 Å². The highest BCUT2D eigenvalue weighted by Crippen LogP contribution is 2.37. The Kier molecular flexibility index (Phi) is 6.09. The number of nitrogens with zero attached hydrogens (tertiary/aromatic N) is 3. The molecule has 2 aromatic heterocycles. The summed E-state index contributed by atoms with van der Waals surface area (Å²) in [6.45, 7) is 0. The highest BCUT2D eigenvalue weighted by molar-refractivity contribution is 5.99. The van der Waals surface area contributed by atoms with E-state index in [1.165, 1.54) is 16.8 Å². The number of pyridine rings is 1. The number of amides is 2. The summed E-state index contributed by atoms with van der Waals surface area (Å²) < 4.78 is 49.1. The van der Waals surface area contributed by atoms with Crippen molar-refractivity contribution in [2.24, 2.45) is 0 Å². The quantitative estimate of drug-likeness (QED) is 0.336. The minimum Gasteiger partial charge on any atom is -0.457 e. The third-order valence-corrected chi connectivity index (χ3v) is 5.66. The van der Waals surface area contributed by atoms with Gasteiger partial charge in [-0.15, -0.1) is 0 Å². The van der Waals surface area contributed by atoms with Crippen LogP contribution in [0.25, 0.3) is 5.69 Å². The molecule has 1 aliphatic carbocycles. The van der Waals surface area contributed by atoms with E-state index >= 15 is 0 Å². The third kappa shape index (κ3) is 5.11. The van der Waals surface area contributed by atoms with Crippen LogP contribution < -0.4 is 15.4 Å². The molecule has 2 amide bonds. The molecule has 4 aromatic rings. The van der Waals surface area contributed by atoms with Crippen LogP contribution in [0.3, 0.4) is 0 Å². The number of rotatable bonds is 6. The minimum atomic E-state index is -0.771. The molecule has 2 heterocycles. The first-order valence-electron chi connectivity index (χ1n) is 11.0. The maximum Gasteiger partial charge on any atom is 0.324 e. The lowest BCUT2D eigenvalue weighted by molar-refractivity contribution is 0.262. The van der Waals surface area contributed by atoms with Crippen LogP contribution in [0, 0.1) is 17.5 Å². The number of carbonyl (C=O) groups is 1. The molecule has 35 heavy (non-hydrogen) atoms. The van der Waals surface area contributed by atoms with Gasteiger partial charge in [0.15, 0.2) is 0 Å². The molecule has 2 aromatic carbocycles. The van der Waals surface area contributed by atoms with E-state index in [4.69, 9.17) is 4.74 Å². The Labute approximate surface area is 198 Å². The van der Waals surface area contributed by atoms with Crippen molar-refractivity contribution < 1.29 is 22.7 Å². The summed E-state index contributed by atoms with van der Waals surface area (Å²) in [5.74, 6) is -1.10. The number of halogens is 3. The maximum atomic E-state index is 14.6. The third-order valence-electron chi connectivity index (χ3n) is 5.66. The van der Waals surface area contributed by atoms with Gasteiger partial charge in [-0.25, -0.2) is 22.6 Å². The molecule has 0 unspecified atom stereocenters. The topological polar surface area (TPSA) is 81.1 Å². The number of hydrogen-bond donors (Lipinski definition) is 2. The Bertz CT molecular complexity index is 1350. The van der Waals surface area contributed by atoms with Crippen LogP contribution in [0.1, 0.15) is 30.9 Å². The van der Waals surface area contributed by atoms with Gasteiger partial charge in [0.2, 0.25) is 0 Å². The van der Waals surface area contributed by atoms with Crippen molar-refractivity contribution in [3.8, 4) is 17.2 Å². The molecule has 178 valence electrons. The Balaban J connectivity index is 1.34. The first kappa shape index (κ1) is 22.5. The van der Waals surface area contributed by atoms with E-state index in [0.717, 1.165) is 43.5 Å². The summed E-state index contributed by atoms with van der Waals surface area (Å²) in [6, 6.07) is 11.2. The number of aromatic nitrogens is 3. The Hall–Kier alpha value is -4.34. The van der Waals surface area contributed by atoms with Crippen LogP contribution in [0.4, 0.5) is 29.5 Å². The van der Waals surface area contributed by atoms with Crippen LogP contribution in [0.2, 0.25) is 0 Å². The maximum absolute atomic E-state index is 14.6. The summed E-state index contributed by atoms with van der Waals surface area (Å²) in [6.07, 6.45) is 6.05. The van der Waals surface area contributed by atoms with Crippen LogP contribution in [-0.2, 0) is 0 Å². The van der Waals surface area contributed by atoms with E-state index < -0.39 is 23.5 Å². The van der Waals surface area contributed by atoms with Crippen LogP contribution in [0.15, 0.2) is 67.0 Å². The molecule has 1 aliphatic rings. The molecule has 10 heteroatoms. The van der Waals surface area contributed by atoms with Gasteiger partial charge < -0.3 is 10.1 Å². The Morgan fingerprint density at radius 2 is 1.66 bits per heavy atom. The van der Waals surface area contributed by atoms with Gasteiger partial charge in [0.1, 0.15) is 34.8 Å². The monoisotopic (exact) mass is 479 g/mol. The molecule has 0 aliphatic heterocycles. The van der Waals surface area contributed by atoms with E-state index in [1.807, 2.05) is 0 Å². The second-order valence-electron chi connectivity index (χ2n) is 8.13. The normalized spacial score (nSPS) is 13.2. The average Bonchev–Trinajstić information content (AvgIpc) is 3.17. The van der Waals surface area contributed by atoms with Crippen LogP contribution in [0.5, 0.6) is 11.5 Å². The summed E-state index contributed by atoms with van der Waals surface area (Å²) >= 11 is 0. The Morgan fingerprint density at radius 3 is 2.31 bits per heavy atom. The first-order chi connectivity index (χ1) is 16.9. The number of nitrogens with one attached hydrogen (secondary N) is 2. The second-order valence-corrected chi connectivity index (χ2v) is 8.13. The molecule has 0 bridgehead atoms. The predicted octanol–water partition coefficient (Wildman–Crippen LogP) is 6.39. The standard InChI is InChI=1S/C25H20F3N5O2/c26-16-10-17(27)12-18(11-16)33-24(14-23(32-33)15-2-1-3-15)31-25(34)30-22-5-4-20(13-21(22)28)35-19-6-8-29-9-7-19/h4-15H,1-3H2,(H2,30,31,34). The highest BCUT2D eigenvalue weighted by atomic mass is 19.1. The van der Waals surface area contributed by atoms with Gasteiger partial charge in [-0.2, -0.15) is 5.10 Å². The molecule has 1 fully saturated rings. The van der Waals surface area contributed by atoms with E-state index in [2.05, 4.69) is 20.7 Å². The van der Waals surface area contributed by atoms with Crippen LogP contribution in [-0.4, -0.2) is 20.8 Å². The van der Waals surface area contributed by atoms with E-state index in [1.54, 1.807) is 30.6 Å². The largest absolute Gasteiger partial charge is 0.457 e. The lowest BCUT2D eigenvalue weighted by Crippen LogP contribution is -2.22. The van der Waals surface area contributed by atoms with Crippen LogP contribution >= 0.6 is 0 Å². The zero-order valence-electron chi connectivity index (χ0n) is 18.3. The van der Waals surface area contributed by atoms with Crippen molar-refractivity contribution >= 4 is 17.5 Å². The average molecular weight is 479 g/mol. The number of ether oxygens (including phenoxy) is 1. The van der Waals surface area contributed by atoms with Crippen molar-refractivity contribution in [2.75, 3.05) is 10.6 Å². The van der Waals surface area contributed by atoms with Gasteiger partial charge in [-0.1, -0.05) is 6.42 Å². The molecule has 7 nitrogen and oxygen atoms in total. The number of benzene rings is 2. The lowest BCUT2D eigenvalue weighted by atomic mass is 9.83. The fourth-order valence-electron chi connectivity index (χ4n) is 3.72. The molecule has 0 spiro atoms. The molecule has 0 saturated heterocycles. The van der Waals surface area contributed by atoms with Gasteiger partial charge >= 0.3 is 6.03 Å². The molecule has 5 rings (SSSR count). The summed E-state index contributed by atoms with van der Waals surface area (Å²) in [5.41, 5.74) is 0.749. The highest BCUT2D eigenvalue weighted by Gasteiger charge is 2.25. The Morgan fingerprint density at radius 1 is 0.914 bits per heavy atom. The first-order valence-corrected chi connectivity index (χ1v) is 11.0. The zero-order chi connectivity index (χ0) is 24.4. The SMILES string of the molecule is O=C(Nc1ccc(Oc2ccncc2)cc1F)Nc1cc(C2CCC2)nn1-c1cc(F)cc(F)c1. The van der Waals surface area contributed by atoms with E-state index in [0.29, 0.717) is 11.4 Å². The van der Waals surface area contributed by atoms with Crippen molar-refractivity contribution in [3.63, 3.8) is 0 Å². The smallest absolute Gasteiger partial charge is 0.324 e. The zero-order valence-corrected chi connectivity index (χ0v) is 18.3.